The molecule has 6 rings (SSSR count). The van der Waals surface area contributed by atoms with E-state index in [0.29, 0.717) is 45.7 Å². The first-order valence-corrected chi connectivity index (χ1v) is 16.8. The van der Waals surface area contributed by atoms with Crippen molar-refractivity contribution in [3.63, 3.8) is 0 Å². The highest BCUT2D eigenvalue weighted by molar-refractivity contribution is 7.89. The molecule has 2 aromatic carbocycles. The van der Waals surface area contributed by atoms with Gasteiger partial charge in [-0.15, -0.1) is 0 Å². The van der Waals surface area contributed by atoms with Crippen molar-refractivity contribution in [2.24, 2.45) is 4.99 Å². The number of amides is 2. The number of nitrogens with zero attached hydrogens (tertiary/aromatic N) is 4. The molecule has 2 amide bonds. The summed E-state index contributed by atoms with van der Waals surface area (Å²) < 4.78 is 38.8. The lowest BCUT2D eigenvalue weighted by molar-refractivity contribution is -0.0356. The summed E-state index contributed by atoms with van der Waals surface area (Å²) in [4.78, 5) is 53.4. The van der Waals surface area contributed by atoms with Crippen LogP contribution in [-0.4, -0.2) is 98.1 Å². The van der Waals surface area contributed by atoms with Crippen molar-refractivity contribution in [2.45, 2.75) is 29.6 Å². The Morgan fingerprint density at radius 1 is 1.02 bits per heavy atom. The monoisotopic (exact) mass is 697 g/mol. The van der Waals surface area contributed by atoms with Gasteiger partial charge in [-0.3, -0.25) is 14.4 Å². The van der Waals surface area contributed by atoms with Crippen LogP contribution in [0, 0.1) is 0 Å². The molecule has 16 nitrogen and oxygen atoms in total. The van der Waals surface area contributed by atoms with Crippen LogP contribution in [0.1, 0.15) is 49.6 Å². The van der Waals surface area contributed by atoms with Crippen molar-refractivity contribution in [3.8, 4) is 0 Å². The van der Waals surface area contributed by atoms with Gasteiger partial charge in [0, 0.05) is 30.8 Å². The van der Waals surface area contributed by atoms with Crippen LogP contribution in [0.25, 0.3) is 0 Å². The molecule has 0 aliphatic carbocycles. The van der Waals surface area contributed by atoms with E-state index in [4.69, 9.17) is 32.5 Å². The standard InChI is InChI=1S/C30H32ClN9O7S/c31-24-26(33)37-25(32)22(36-24)27(42)38-29-34-16-30(39-29)8-10-40(11-9-30)28(43)20-7-2-1-6-19(20)23(41)17-4-3-5-18(14-17)48(44,45)35-15-21-46-12-13-47-21/h1-7,14,21,35H,8-13,15-16H2,(H4,32,33,37)(H2,34,38,39,42). The topological polar surface area (TPSA) is 233 Å². The van der Waals surface area contributed by atoms with Crippen molar-refractivity contribution in [1.82, 2.24) is 30.2 Å². The normalized spacial score (nSPS) is 18.5. The van der Waals surface area contributed by atoms with Crippen LogP contribution in [0.2, 0.25) is 5.15 Å². The summed E-state index contributed by atoms with van der Waals surface area (Å²) in [6.45, 7) is 1.86. The highest BCUT2D eigenvalue weighted by Crippen LogP contribution is 2.27. The highest BCUT2D eigenvalue weighted by atomic mass is 35.5. The molecule has 1 spiro atoms. The summed E-state index contributed by atoms with van der Waals surface area (Å²) in [6, 6.07) is 12.1. The number of guanidine groups is 1. The van der Waals surface area contributed by atoms with Crippen LogP contribution in [0.3, 0.4) is 0 Å². The second kappa shape index (κ2) is 13.4. The molecule has 3 aliphatic heterocycles. The average molecular weight is 698 g/mol. The lowest BCUT2D eigenvalue weighted by Gasteiger charge is -2.38. The van der Waals surface area contributed by atoms with Crippen LogP contribution in [0.5, 0.6) is 0 Å². The zero-order valence-corrected chi connectivity index (χ0v) is 27.0. The zero-order chi connectivity index (χ0) is 34.1. The molecule has 252 valence electrons. The smallest absolute Gasteiger partial charge is 0.302 e. The third-order valence-corrected chi connectivity index (χ3v) is 9.95. The number of anilines is 2. The summed E-state index contributed by atoms with van der Waals surface area (Å²) in [7, 11) is -3.97. The first kappa shape index (κ1) is 33.2. The highest BCUT2D eigenvalue weighted by Gasteiger charge is 2.41. The van der Waals surface area contributed by atoms with Crippen molar-refractivity contribution in [1.29, 1.82) is 0 Å². The first-order valence-electron chi connectivity index (χ1n) is 14.9. The number of sulfonamides is 1. The molecular weight excluding hydrogens is 666 g/mol. The summed E-state index contributed by atoms with van der Waals surface area (Å²) in [6.07, 6.45) is 0.367. The first-order chi connectivity index (χ1) is 22.9. The maximum absolute atomic E-state index is 13.7. The third kappa shape index (κ3) is 6.95. The molecule has 3 fully saturated rings. The zero-order valence-electron chi connectivity index (χ0n) is 25.4. The fraction of sp³-hybridized carbons (Fsp3) is 0.333. The Kier molecular flexibility index (Phi) is 9.30. The number of aromatic nitrogens is 2. The number of likely N-dealkylation sites (tertiary alicyclic amines) is 1. The second-order valence-corrected chi connectivity index (χ2v) is 13.5. The number of rotatable bonds is 8. The molecule has 3 aliphatic rings. The molecule has 3 aromatic rings. The van der Waals surface area contributed by atoms with Gasteiger partial charge in [-0.2, -0.15) is 4.99 Å². The van der Waals surface area contributed by atoms with Gasteiger partial charge in [0.25, 0.3) is 5.91 Å². The van der Waals surface area contributed by atoms with Crippen LogP contribution >= 0.6 is 11.6 Å². The molecular formula is C30H32ClN9O7S. The van der Waals surface area contributed by atoms with E-state index in [1.165, 1.54) is 24.3 Å². The van der Waals surface area contributed by atoms with E-state index in [0.717, 1.165) is 0 Å². The van der Waals surface area contributed by atoms with E-state index in [1.807, 2.05) is 0 Å². The molecule has 0 atom stereocenters. The van der Waals surface area contributed by atoms with E-state index in [9.17, 15) is 22.8 Å². The summed E-state index contributed by atoms with van der Waals surface area (Å²) >= 11 is 5.89. The van der Waals surface area contributed by atoms with Gasteiger partial charge in [0.2, 0.25) is 10.0 Å². The average Bonchev–Trinajstić information content (AvgIpc) is 3.75. The molecule has 0 unspecified atom stereocenters. The number of carbonyl (C=O) groups is 3. The number of aliphatic imine (C=N–C) groups is 1. The molecule has 0 bridgehead atoms. The van der Waals surface area contributed by atoms with Crippen molar-refractivity contribution < 1.29 is 32.3 Å². The Hall–Kier alpha value is -4.68. The largest absolute Gasteiger partial charge is 0.382 e. The Morgan fingerprint density at radius 2 is 1.73 bits per heavy atom. The van der Waals surface area contributed by atoms with Crippen LogP contribution < -0.4 is 26.8 Å². The molecule has 0 radical (unpaired) electrons. The third-order valence-electron chi connectivity index (χ3n) is 8.25. The van der Waals surface area contributed by atoms with E-state index in [-0.39, 0.29) is 62.5 Å². The van der Waals surface area contributed by atoms with Gasteiger partial charge in [0.05, 0.1) is 35.8 Å². The van der Waals surface area contributed by atoms with E-state index < -0.39 is 33.5 Å². The molecule has 1 aromatic heterocycles. The molecule has 0 saturated carbocycles. The lowest BCUT2D eigenvalue weighted by Crippen LogP contribution is -2.53. The number of hydrogen-bond donors (Lipinski definition) is 5. The number of ether oxygens (including phenoxy) is 2. The van der Waals surface area contributed by atoms with Crippen molar-refractivity contribution in [2.75, 3.05) is 50.9 Å². The van der Waals surface area contributed by atoms with E-state index >= 15 is 0 Å². The predicted molar refractivity (Wildman–Crippen MR) is 174 cm³/mol. The molecule has 7 N–H and O–H groups in total. The van der Waals surface area contributed by atoms with Gasteiger partial charge in [0.1, 0.15) is 0 Å². The number of benzene rings is 2. The number of nitrogen functional groups attached to an aromatic ring is 2. The summed E-state index contributed by atoms with van der Waals surface area (Å²) in [5.41, 5.74) is 11.1. The van der Waals surface area contributed by atoms with Gasteiger partial charge < -0.3 is 36.5 Å². The maximum atomic E-state index is 13.7. The Balaban J connectivity index is 1.11. The van der Waals surface area contributed by atoms with Gasteiger partial charge in [0.15, 0.2) is 40.5 Å². The fourth-order valence-electron chi connectivity index (χ4n) is 5.64. The molecule has 3 saturated heterocycles. The quantitative estimate of drug-likeness (QED) is 0.203. The number of hydrogen-bond acceptors (Lipinski definition) is 11. The Bertz CT molecular complexity index is 1910. The Labute approximate surface area is 280 Å². The predicted octanol–water partition coefficient (Wildman–Crippen LogP) is 0.541. The van der Waals surface area contributed by atoms with E-state index in [2.05, 4.69) is 30.3 Å². The fourth-order valence-corrected chi connectivity index (χ4v) is 6.83. The SMILES string of the molecule is Nc1nc(N)c(C(=O)/N=C2\NCC3(CCN(C(=O)c4ccccc4C(=O)c4cccc(S(=O)(=O)NCC5OCCO5)c4)CC3)N2)nc1Cl. The summed E-state index contributed by atoms with van der Waals surface area (Å²) in [5, 5.41) is 6.18. The number of carbonyl (C=O) groups excluding carboxylic acids is 3. The minimum Gasteiger partial charge on any atom is -0.382 e. The number of halogens is 1. The molecule has 48 heavy (non-hydrogen) atoms. The Morgan fingerprint density at radius 3 is 2.46 bits per heavy atom. The minimum atomic E-state index is -3.97. The molecule has 18 heteroatoms. The number of nitrogens with one attached hydrogen (secondary N) is 3. The van der Waals surface area contributed by atoms with Crippen LogP contribution in [0.15, 0.2) is 58.4 Å². The number of nitrogens with two attached hydrogens (primary N) is 2. The minimum absolute atomic E-state index is 0.0734. The van der Waals surface area contributed by atoms with Crippen LogP contribution in [-0.2, 0) is 19.5 Å². The van der Waals surface area contributed by atoms with E-state index in [1.54, 1.807) is 29.2 Å². The maximum Gasteiger partial charge on any atom is 0.302 e. The molecule has 4 heterocycles. The van der Waals surface area contributed by atoms with Gasteiger partial charge in [-0.05, 0) is 31.0 Å². The van der Waals surface area contributed by atoms with Crippen LogP contribution in [0.4, 0.5) is 11.6 Å². The van der Waals surface area contributed by atoms with Gasteiger partial charge in [-0.1, -0.05) is 41.9 Å². The number of ketones is 1. The summed E-state index contributed by atoms with van der Waals surface area (Å²) in [5.74, 6) is -1.65. The van der Waals surface area contributed by atoms with Gasteiger partial charge in [-0.25, -0.2) is 23.1 Å². The second-order valence-electron chi connectivity index (χ2n) is 11.4. The van der Waals surface area contributed by atoms with Gasteiger partial charge >= 0.3 is 5.91 Å². The van der Waals surface area contributed by atoms with Crippen molar-refractivity contribution in [3.05, 3.63) is 76.1 Å². The number of piperidine rings is 1. The van der Waals surface area contributed by atoms with Crippen molar-refractivity contribution >= 4 is 56.8 Å². The lowest BCUT2D eigenvalue weighted by atomic mass is 9.88.